The molecular weight excluding hydrogens is 404 g/mol. The van der Waals surface area contributed by atoms with E-state index in [9.17, 15) is 14.4 Å². The van der Waals surface area contributed by atoms with E-state index >= 15 is 0 Å². The average molecular weight is 434 g/mol. The van der Waals surface area contributed by atoms with Gasteiger partial charge in [0, 0.05) is 32.1 Å². The van der Waals surface area contributed by atoms with Crippen LogP contribution in [0.15, 0.2) is 18.2 Å². The Balaban J connectivity index is 1.63. The van der Waals surface area contributed by atoms with Crippen LogP contribution in [0.4, 0.5) is 5.69 Å². The van der Waals surface area contributed by atoms with Crippen LogP contribution in [0.2, 0.25) is 0 Å². The maximum Gasteiger partial charge on any atom is 0.312 e. The molecule has 0 aliphatic carbocycles. The number of amides is 2. The lowest BCUT2D eigenvalue weighted by Crippen LogP contribution is -2.51. The number of methoxy groups -OCH3 is 2. The van der Waals surface area contributed by atoms with Crippen LogP contribution >= 0.6 is 0 Å². The van der Waals surface area contributed by atoms with Crippen LogP contribution in [0.1, 0.15) is 27.2 Å². The highest BCUT2D eigenvalue weighted by atomic mass is 16.5. The van der Waals surface area contributed by atoms with Crippen LogP contribution in [0.3, 0.4) is 0 Å². The molecule has 2 aliphatic heterocycles. The van der Waals surface area contributed by atoms with E-state index in [1.807, 2.05) is 13.8 Å². The molecule has 0 aromatic heterocycles. The number of carbonyl (C=O) groups excluding carboxylic acids is 3. The largest absolute Gasteiger partial charge is 0.497 e. The molecule has 170 valence electrons. The summed E-state index contributed by atoms with van der Waals surface area (Å²) in [4.78, 5) is 41.2. The van der Waals surface area contributed by atoms with Crippen LogP contribution in [0, 0.1) is 5.92 Å². The van der Waals surface area contributed by atoms with Crippen molar-refractivity contribution < 1.29 is 33.3 Å². The summed E-state index contributed by atoms with van der Waals surface area (Å²) >= 11 is 0. The fourth-order valence-electron chi connectivity index (χ4n) is 4.04. The van der Waals surface area contributed by atoms with E-state index in [1.54, 1.807) is 37.1 Å². The molecule has 0 bridgehead atoms. The van der Waals surface area contributed by atoms with Gasteiger partial charge in [0.25, 0.3) is 5.91 Å². The van der Waals surface area contributed by atoms with Crippen molar-refractivity contribution in [1.29, 1.82) is 0 Å². The second-order valence-corrected chi connectivity index (χ2v) is 8.02. The number of rotatable bonds is 6. The highest BCUT2D eigenvalue weighted by molar-refractivity contribution is 6.01. The Morgan fingerprint density at radius 1 is 1.10 bits per heavy atom. The molecule has 2 amide bonds. The van der Waals surface area contributed by atoms with Crippen molar-refractivity contribution >= 4 is 23.5 Å². The maximum absolute atomic E-state index is 12.7. The summed E-state index contributed by atoms with van der Waals surface area (Å²) in [6.45, 7) is 6.44. The van der Waals surface area contributed by atoms with Gasteiger partial charge < -0.3 is 28.7 Å². The highest BCUT2D eigenvalue weighted by Gasteiger charge is 2.39. The second kappa shape index (κ2) is 9.55. The summed E-state index contributed by atoms with van der Waals surface area (Å²) in [5.74, 6) is -0.604. The van der Waals surface area contributed by atoms with E-state index in [4.69, 9.17) is 18.9 Å². The summed E-state index contributed by atoms with van der Waals surface area (Å²) < 4.78 is 21.7. The Kier molecular flexibility index (Phi) is 7.04. The Morgan fingerprint density at radius 3 is 2.39 bits per heavy atom. The fraction of sp³-hybridized carbons (Fsp3) is 0.591. The zero-order valence-electron chi connectivity index (χ0n) is 18.6. The van der Waals surface area contributed by atoms with Gasteiger partial charge in [-0.05, 0) is 32.9 Å². The van der Waals surface area contributed by atoms with Crippen molar-refractivity contribution in [2.24, 2.45) is 5.92 Å². The first-order valence-corrected chi connectivity index (χ1v) is 10.4. The van der Waals surface area contributed by atoms with Gasteiger partial charge >= 0.3 is 5.97 Å². The molecule has 31 heavy (non-hydrogen) atoms. The third kappa shape index (κ3) is 5.10. The van der Waals surface area contributed by atoms with Crippen molar-refractivity contribution in [1.82, 2.24) is 4.90 Å². The third-order valence-corrected chi connectivity index (χ3v) is 5.51. The van der Waals surface area contributed by atoms with Gasteiger partial charge in [0.05, 0.1) is 38.0 Å². The van der Waals surface area contributed by atoms with E-state index in [0.29, 0.717) is 30.3 Å². The number of anilines is 1. The highest BCUT2D eigenvalue weighted by Crippen LogP contribution is 2.36. The fourth-order valence-corrected chi connectivity index (χ4v) is 4.04. The first-order valence-electron chi connectivity index (χ1n) is 10.4. The summed E-state index contributed by atoms with van der Waals surface area (Å²) in [7, 11) is 3.05. The third-order valence-electron chi connectivity index (χ3n) is 5.51. The molecule has 1 aromatic carbocycles. The second-order valence-electron chi connectivity index (χ2n) is 8.02. The van der Waals surface area contributed by atoms with E-state index in [2.05, 4.69) is 0 Å². The van der Waals surface area contributed by atoms with E-state index in [1.165, 1.54) is 12.0 Å². The number of hydrogen-bond acceptors (Lipinski definition) is 7. The Hall–Kier alpha value is -2.81. The van der Waals surface area contributed by atoms with Crippen LogP contribution in [0.25, 0.3) is 0 Å². The molecule has 0 unspecified atom stereocenters. The van der Waals surface area contributed by atoms with Gasteiger partial charge in [0.2, 0.25) is 5.91 Å². The van der Waals surface area contributed by atoms with Gasteiger partial charge in [-0.3, -0.25) is 14.4 Å². The van der Waals surface area contributed by atoms with E-state index in [0.717, 1.165) is 0 Å². The molecule has 2 aliphatic rings. The molecule has 9 heteroatoms. The lowest BCUT2D eigenvalue weighted by molar-refractivity contribution is -0.166. The van der Waals surface area contributed by atoms with E-state index < -0.39 is 18.0 Å². The molecule has 1 aromatic rings. The Morgan fingerprint density at radius 2 is 1.77 bits per heavy atom. The van der Waals surface area contributed by atoms with Crippen LogP contribution in [-0.4, -0.2) is 74.8 Å². The number of benzene rings is 1. The number of nitrogens with zero attached hydrogens (tertiary/aromatic N) is 2. The minimum atomic E-state index is -0.926. The summed E-state index contributed by atoms with van der Waals surface area (Å²) in [6.07, 6.45) is -1.06. The summed E-state index contributed by atoms with van der Waals surface area (Å²) in [6, 6.07) is 5.12. The lowest BCUT2D eigenvalue weighted by Gasteiger charge is -2.36. The molecule has 2 heterocycles. The maximum atomic E-state index is 12.7. The Labute approximate surface area is 182 Å². The molecule has 2 saturated heterocycles. The number of hydrogen-bond donors (Lipinski definition) is 0. The molecular formula is C22H30N2O7. The average Bonchev–Trinajstić information content (AvgIpc) is 3.13. The van der Waals surface area contributed by atoms with Gasteiger partial charge in [-0.15, -0.1) is 0 Å². The van der Waals surface area contributed by atoms with Gasteiger partial charge in [0.15, 0.2) is 6.10 Å². The van der Waals surface area contributed by atoms with Crippen LogP contribution < -0.4 is 14.4 Å². The minimum Gasteiger partial charge on any atom is -0.497 e. The molecule has 0 spiro atoms. The molecule has 4 atom stereocenters. The Bertz CT molecular complexity index is 833. The van der Waals surface area contributed by atoms with Crippen molar-refractivity contribution in [3.63, 3.8) is 0 Å². The SMILES string of the molecule is COc1ccc(N2C[C@H](C(=O)O[C@H](C)C(=O)N3C[C@@H](C)O[C@@H](C)C3)CC2=O)c(OC)c1. The number of esters is 1. The summed E-state index contributed by atoms with van der Waals surface area (Å²) in [5, 5.41) is 0. The predicted octanol–water partition coefficient (Wildman–Crippen LogP) is 1.62. The lowest BCUT2D eigenvalue weighted by atomic mass is 10.1. The normalized spacial score (nSPS) is 24.7. The van der Waals surface area contributed by atoms with Gasteiger partial charge in [-0.2, -0.15) is 0 Å². The zero-order valence-corrected chi connectivity index (χ0v) is 18.6. The topological polar surface area (TPSA) is 94.6 Å². The molecule has 0 saturated carbocycles. The zero-order chi connectivity index (χ0) is 22.7. The molecule has 9 nitrogen and oxygen atoms in total. The number of ether oxygens (including phenoxy) is 4. The van der Waals surface area contributed by atoms with Crippen molar-refractivity contribution in [2.45, 2.75) is 45.5 Å². The number of morpholine rings is 1. The van der Waals surface area contributed by atoms with Gasteiger partial charge in [-0.1, -0.05) is 0 Å². The predicted molar refractivity (Wildman–Crippen MR) is 112 cm³/mol. The molecule has 0 radical (unpaired) electrons. The molecule has 0 N–H and O–H groups in total. The smallest absolute Gasteiger partial charge is 0.312 e. The summed E-state index contributed by atoms with van der Waals surface area (Å²) in [5.41, 5.74) is 0.559. The number of carbonyl (C=O) groups is 3. The first kappa shape index (κ1) is 22.9. The molecule has 2 fully saturated rings. The monoisotopic (exact) mass is 434 g/mol. The van der Waals surface area contributed by atoms with Crippen molar-refractivity contribution in [2.75, 3.05) is 38.8 Å². The van der Waals surface area contributed by atoms with Crippen molar-refractivity contribution in [3.8, 4) is 11.5 Å². The first-order chi connectivity index (χ1) is 14.7. The van der Waals surface area contributed by atoms with Crippen LogP contribution in [0.5, 0.6) is 11.5 Å². The standard InChI is InChI=1S/C22H30N2O7/c1-13-10-23(11-14(2)30-13)21(26)15(3)31-22(27)16-8-20(25)24(12-16)18-7-6-17(28-4)9-19(18)29-5/h6-7,9,13-16H,8,10-12H2,1-5H3/t13-,14+,15-,16-/m1/s1. The van der Waals surface area contributed by atoms with E-state index in [-0.39, 0.29) is 37.0 Å². The van der Waals surface area contributed by atoms with Crippen LogP contribution in [-0.2, 0) is 23.9 Å². The minimum absolute atomic E-state index is 0.0144. The van der Waals surface area contributed by atoms with Crippen molar-refractivity contribution in [3.05, 3.63) is 18.2 Å². The quantitative estimate of drug-likeness (QED) is 0.628. The molecule has 3 rings (SSSR count). The van der Waals surface area contributed by atoms with Gasteiger partial charge in [-0.25, -0.2) is 0 Å². The van der Waals surface area contributed by atoms with Gasteiger partial charge in [0.1, 0.15) is 11.5 Å².